The van der Waals surface area contributed by atoms with E-state index >= 15 is 0 Å². The molecule has 1 saturated heterocycles. The molecule has 0 aromatic rings. The van der Waals surface area contributed by atoms with E-state index in [0.29, 0.717) is 19.6 Å². The molecule has 1 aliphatic carbocycles. The number of nitrogens with zero attached hydrogens (tertiary/aromatic N) is 2. The van der Waals surface area contributed by atoms with Crippen molar-refractivity contribution in [1.29, 1.82) is 0 Å². The van der Waals surface area contributed by atoms with Gasteiger partial charge in [-0.2, -0.15) is 4.31 Å². The minimum absolute atomic E-state index is 0.120. The van der Waals surface area contributed by atoms with Crippen LogP contribution >= 0.6 is 0 Å². The fraction of sp³-hybridized carbons (Fsp3) is 1.00. The minimum atomic E-state index is -3.04. The molecule has 2 fully saturated rings. The van der Waals surface area contributed by atoms with Gasteiger partial charge < -0.3 is 5.73 Å². The standard InChI is InChI=1S/C14H29N3O2S/c1-3-13-4-6-14(12-15,7-5-13)16-8-10-17(11-9-16)20(2,18)19/h13H,3-12,15H2,1-2H3. The minimum Gasteiger partial charge on any atom is -0.329 e. The summed E-state index contributed by atoms with van der Waals surface area (Å²) < 4.78 is 24.8. The molecule has 0 radical (unpaired) electrons. The summed E-state index contributed by atoms with van der Waals surface area (Å²) >= 11 is 0. The lowest BCUT2D eigenvalue weighted by atomic mass is 9.74. The number of hydrogen-bond acceptors (Lipinski definition) is 4. The molecule has 2 N–H and O–H groups in total. The second kappa shape index (κ2) is 6.30. The molecule has 0 amide bonds. The molecule has 0 unspecified atom stereocenters. The summed E-state index contributed by atoms with van der Waals surface area (Å²) in [7, 11) is -3.04. The van der Waals surface area contributed by atoms with Crippen molar-refractivity contribution in [2.45, 2.75) is 44.6 Å². The lowest BCUT2D eigenvalue weighted by Crippen LogP contribution is -2.61. The van der Waals surface area contributed by atoms with Gasteiger partial charge in [-0.3, -0.25) is 4.90 Å². The Morgan fingerprint density at radius 1 is 1.15 bits per heavy atom. The molecule has 1 heterocycles. The van der Waals surface area contributed by atoms with Crippen LogP contribution in [0.25, 0.3) is 0 Å². The van der Waals surface area contributed by atoms with Gasteiger partial charge in [0.1, 0.15) is 0 Å². The second-order valence-corrected chi connectivity index (χ2v) is 8.41. The van der Waals surface area contributed by atoms with Gasteiger partial charge in [-0.25, -0.2) is 8.42 Å². The molecular formula is C14H29N3O2S. The van der Waals surface area contributed by atoms with Crippen molar-refractivity contribution in [2.75, 3.05) is 39.0 Å². The highest BCUT2D eigenvalue weighted by atomic mass is 32.2. The van der Waals surface area contributed by atoms with E-state index in [4.69, 9.17) is 5.73 Å². The molecule has 0 atom stereocenters. The molecule has 1 saturated carbocycles. The van der Waals surface area contributed by atoms with Crippen LogP contribution in [0.1, 0.15) is 39.0 Å². The Morgan fingerprint density at radius 2 is 1.70 bits per heavy atom. The van der Waals surface area contributed by atoms with Gasteiger partial charge in [0, 0.05) is 38.3 Å². The monoisotopic (exact) mass is 303 g/mol. The third kappa shape index (κ3) is 3.35. The Labute approximate surface area is 123 Å². The third-order valence-corrected chi connectivity index (χ3v) is 6.67. The number of rotatable bonds is 4. The Morgan fingerprint density at radius 3 is 2.10 bits per heavy atom. The van der Waals surface area contributed by atoms with Crippen LogP contribution in [0.3, 0.4) is 0 Å². The van der Waals surface area contributed by atoms with E-state index in [0.717, 1.165) is 19.0 Å². The lowest BCUT2D eigenvalue weighted by molar-refractivity contribution is 0.0187. The van der Waals surface area contributed by atoms with E-state index in [1.165, 1.54) is 38.4 Å². The summed E-state index contributed by atoms with van der Waals surface area (Å²) in [5, 5.41) is 0. The molecule has 0 aromatic carbocycles. The predicted octanol–water partition coefficient (Wildman–Crippen LogP) is 0.861. The van der Waals surface area contributed by atoms with Gasteiger partial charge >= 0.3 is 0 Å². The fourth-order valence-electron chi connectivity index (χ4n) is 3.77. The maximum Gasteiger partial charge on any atom is 0.211 e. The second-order valence-electron chi connectivity index (χ2n) is 6.43. The maximum atomic E-state index is 11.6. The van der Waals surface area contributed by atoms with E-state index in [2.05, 4.69) is 11.8 Å². The van der Waals surface area contributed by atoms with E-state index in [-0.39, 0.29) is 5.54 Å². The van der Waals surface area contributed by atoms with Crippen LogP contribution in [-0.2, 0) is 10.0 Å². The lowest BCUT2D eigenvalue weighted by Gasteiger charge is -2.50. The van der Waals surface area contributed by atoms with Gasteiger partial charge in [-0.15, -0.1) is 0 Å². The van der Waals surface area contributed by atoms with Crippen LogP contribution in [0.15, 0.2) is 0 Å². The largest absolute Gasteiger partial charge is 0.329 e. The molecule has 5 nitrogen and oxygen atoms in total. The van der Waals surface area contributed by atoms with Crippen molar-refractivity contribution < 1.29 is 8.42 Å². The smallest absolute Gasteiger partial charge is 0.211 e. The molecule has 1 aliphatic heterocycles. The van der Waals surface area contributed by atoms with Gasteiger partial charge in [-0.1, -0.05) is 13.3 Å². The Balaban J connectivity index is 1.97. The predicted molar refractivity (Wildman–Crippen MR) is 82.0 cm³/mol. The molecule has 2 rings (SSSR count). The number of hydrogen-bond donors (Lipinski definition) is 1. The summed E-state index contributed by atoms with van der Waals surface area (Å²) in [5.74, 6) is 0.854. The van der Waals surface area contributed by atoms with Crippen LogP contribution in [0, 0.1) is 5.92 Å². The van der Waals surface area contributed by atoms with Crippen LogP contribution in [0.2, 0.25) is 0 Å². The normalized spacial score (nSPS) is 34.2. The van der Waals surface area contributed by atoms with Crippen molar-refractivity contribution in [3.05, 3.63) is 0 Å². The molecule has 6 heteroatoms. The molecule has 20 heavy (non-hydrogen) atoms. The number of piperazine rings is 1. The first-order valence-electron chi connectivity index (χ1n) is 7.81. The zero-order valence-corrected chi connectivity index (χ0v) is 13.7. The third-order valence-electron chi connectivity index (χ3n) is 5.37. The van der Waals surface area contributed by atoms with Gasteiger partial charge in [0.2, 0.25) is 10.0 Å². The van der Waals surface area contributed by atoms with E-state index in [1.54, 1.807) is 4.31 Å². The zero-order valence-electron chi connectivity index (χ0n) is 12.8. The molecule has 0 aromatic heterocycles. The summed E-state index contributed by atoms with van der Waals surface area (Å²) in [5.41, 5.74) is 6.22. The Hall–Kier alpha value is -0.170. The van der Waals surface area contributed by atoms with Crippen molar-refractivity contribution in [3.8, 4) is 0 Å². The van der Waals surface area contributed by atoms with Crippen LogP contribution in [0.5, 0.6) is 0 Å². The highest BCUT2D eigenvalue weighted by molar-refractivity contribution is 7.88. The topological polar surface area (TPSA) is 66.6 Å². The van der Waals surface area contributed by atoms with Crippen molar-refractivity contribution >= 4 is 10.0 Å². The summed E-state index contributed by atoms with van der Waals surface area (Å²) in [6, 6.07) is 0. The maximum absolute atomic E-state index is 11.6. The van der Waals surface area contributed by atoms with Crippen LogP contribution < -0.4 is 5.73 Å². The Kier molecular flexibility index (Phi) is 5.10. The van der Waals surface area contributed by atoms with Gasteiger partial charge in [0.05, 0.1) is 6.26 Å². The van der Waals surface area contributed by atoms with E-state index < -0.39 is 10.0 Å². The van der Waals surface area contributed by atoms with E-state index in [1.807, 2.05) is 0 Å². The zero-order chi connectivity index (χ0) is 14.8. The molecular weight excluding hydrogens is 274 g/mol. The van der Waals surface area contributed by atoms with Crippen molar-refractivity contribution in [2.24, 2.45) is 11.7 Å². The average Bonchev–Trinajstić information content (AvgIpc) is 2.46. The first-order chi connectivity index (χ1) is 9.41. The summed E-state index contributed by atoms with van der Waals surface area (Å²) in [4.78, 5) is 2.46. The molecule has 0 bridgehead atoms. The van der Waals surface area contributed by atoms with Crippen LogP contribution in [0.4, 0.5) is 0 Å². The van der Waals surface area contributed by atoms with Crippen LogP contribution in [-0.4, -0.2) is 62.1 Å². The molecule has 2 aliphatic rings. The summed E-state index contributed by atoms with van der Waals surface area (Å²) in [6.45, 7) is 5.82. The molecule has 0 spiro atoms. The summed E-state index contributed by atoms with van der Waals surface area (Å²) in [6.07, 6.45) is 7.43. The fourth-order valence-corrected chi connectivity index (χ4v) is 4.59. The van der Waals surface area contributed by atoms with Gasteiger partial charge in [0.15, 0.2) is 0 Å². The van der Waals surface area contributed by atoms with Crippen molar-refractivity contribution in [1.82, 2.24) is 9.21 Å². The molecule has 118 valence electrons. The van der Waals surface area contributed by atoms with Gasteiger partial charge in [0.25, 0.3) is 0 Å². The average molecular weight is 303 g/mol. The first kappa shape index (κ1) is 16.2. The van der Waals surface area contributed by atoms with Gasteiger partial charge in [-0.05, 0) is 31.6 Å². The Bertz CT molecular complexity index is 408. The number of sulfonamides is 1. The number of nitrogens with two attached hydrogens (primary N) is 1. The van der Waals surface area contributed by atoms with E-state index in [9.17, 15) is 8.42 Å². The highest BCUT2D eigenvalue weighted by Gasteiger charge is 2.40. The quantitative estimate of drug-likeness (QED) is 0.836. The highest BCUT2D eigenvalue weighted by Crippen LogP contribution is 2.37. The van der Waals surface area contributed by atoms with Crippen molar-refractivity contribution in [3.63, 3.8) is 0 Å². The first-order valence-corrected chi connectivity index (χ1v) is 9.66. The SMILES string of the molecule is CCC1CCC(CN)(N2CCN(S(C)(=O)=O)CC2)CC1.